The van der Waals surface area contributed by atoms with Gasteiger partial charge in [-0.05, 0) is 29.7 Å². The van der Waals surface area contributed by atoms with Gasteiger partial charge < -0.3 is 10.0 Å². The van der Waals surface area contributed by atoms with Gasteiger partial charge in [0.2, 0.25) is 0 Å². The van der Waals surface area contributed by atoms with Crippen molar-refractivity contribution in [2.45, 2.75) is 19.5 Å². The first-order valence-corrected chi connectivity index (χ1v) is 8.18. The van der Waals surface area contributed by atoms with Gasteiger partial charge >= 0.3 is 7.12 Å². The fourth-order valence-corrected chi connectivity index (χ4v) is 3.99. The molecule has 2 N–H and O–H groups in total. The summed E-state index contributed by atoms with van der Waals surface area (Å²) in [6, 6.07) is 10.2. The Balaban J connectivity index is 1.74. The van der Waals surface area contributed by atoms with Gasteiger partial charge in [0, 0.05) is 33.8 Å². The molecule has 1 aliphatic heterocycles. The van der Waals surface area contributed by atoms with Crippen molar-refractivity contribution in [1.82, 2.24) is 4.90 Å². The lowest BCUT2D eigenvalue weighted by atomic mass is 9.88. The van der Waals surface area contributed by atoms with Crippen molar-refractivity contribution < 1.29 is 10.0 Å². The monoisotopic (exact) mass is 351 g/mol. The van der Waals surface area contributed by atoms with Gasteiger partial charge in [-0.3, -0.25) is 4.90 Å². The summed E-state index contributed by atoms with van der Waals surface area (Å²) in [5.41, 5.74) is 2.52. The average molecular weight is 352 g/mol. The zero-order valence-corrected chi connectivity index (χ0v) is 13.3. The number of fused-ring (bicyclic) bond motifs is 1. The van der Waals surface area contributed by atoms with Crippen LogP contribution < -0.4 is 4.78 Å². The number of hydrogen-bond donors (Lipinski definition) is 2. The molecule has 0 amide bonds. The molecular weight excluding hydrogens is 337 g/mol. The van der Waals surface area contributed by atoms with Crippen molar-refractivity contribution in [2.24, 2.45) is 0 Å². The first kappa shape index (κ1) is 14.3. The van der Waals surface area contributed by atoms with Crippen molar-refractivity contribution in [3.63, 3.8) is 0 Å². The van der Waals surface area contributed by atoms with Crippen LogP contribution in [0.2, 0.25) is 0 Å². The lowest BCUT2D eigenvalue weighted by Gasteiger charge is -2.27. The van der Waals surface area contributed by atoms with Crippen molar-refractivity contribution in [3.05, 3.63) is 50.8 Å². The largest absolute Gasteiger partial charge is 0.499 e. The second kappa shape index (κ2) is 5.99. The SMILES string of the molecule is OB(O)c1cc2c(s1)CCN(Cc1ccccc1Br)C2. The molecule has 0 unspecified atom stereocenters. The highest BCUT2D eigenvalue weighted by atomic mass is 79.9. The smallest absolute Gasteiger partial charge is 0.423 e. The van der Waals surface area contributed by atoms with E-state index < -0.39 is 7.12 Å². The number of nitrogens with zero attached hydrogens (tertiary/aromatic N) is 1. The highest BCUT2D eigenvalue weighted by Crippen LogP contribution is 2.25. The van der Waals surface area contributed by atoms with Crippen LogP contribution in [0, 0.1) is 0 Å². The molecule has 0 saturated heterocycles. The van der Waals surface area contributed by atoms with Crippen LogP contribution in [0.1, 0.15) is 16.0 Å². The zero-order chi connectivity index (χ0) is 14.1. The summed E-state index contributed by atoms with van der Waals surface area (Å²) >= 11 is 5.11. The van der Waals surface area contributed by atoms with E-state index in [-0.39, 0.29) is 0 Å². The first-order valence-electron chi connectivity index (χ1n) is 6.57. The van der Waals surface area contributed by atoms with Gasteiger partial charge in [0.25, 0.3) is 0 Å². The van der Waals surface area contributed by atoms with Crippen LogP contribution >= 0.6 is 27.3 Å². The fourth-order valence-electron chi connectivity index (χ4n) is 2.54. The maximum atomic E-state index is 9.26. The van der Waals surface area contributed by atoms with Gasteiger partial charge in [0.15, 0.2) is 0 Å². The number of rotatable bonds is 3. The molecule has 0 spiro atoms. The summed E-state index contributed by atoms with van der Waals surface area (Å²) in [5, 5.41) is 18.5. The first-order chi connectivity index (χ1) is 9.63. The second-order valence-corrected chi connectivity index (χ2v) is 7.05. The molecule has 6 heteroatoms. The predicted octanol–water partition coefficient (Wildman–Crippen LogP) is 1.75. The minimum atomic E-state index is -1.35. The molecule has 0 radical (unpaired) electrons. The summed E-state index contributed by atoms with van der Waals surface area (Å²) in [6.45, 7) is 2.80. The minimum Gasteiger partial charge on any atom is -0.423 e. The molecule has 0 atom stereocenters. The van der Waals surface area contributed by atoms with Crippen LogP contribution in [0.25, 0.3) is 0 Å². The number of benzene rings is 1. The third kappa shape index (κ3) is 2.99. The quantitative estimate of drug-likeness (QED) is 0.828. The highest BCUT2D eigenvalue weighted by molar-refractivity contribution is 9.10. The summed E-state index contributed by atoms with van der Waals surface area (Å²) in [6.07, 6.45) is 0.983. The van der Waals surface area contributed by atoms with Crippen LogP contribution in [-0.2, 0) is 19.5 Å². The van der Waals surface area contributed by atoms with E-state index in [9.17, 15) is 10.0 Å². The Hall–Kier alpha value is -0.655. The Kier molecular flexibility index (Phi) is 4.28. The van der Waals surface area contributed by atoms with E-state index in [0.717, 1.165) is 30.5 Å². The molecular formula is C14H15BBrNO2S. The predicted molar refractivity (Wildman–Crippen MR) is 86.1 cm³/mol. The maximum Gasteiger partial charge on any atom is 0.499 e. The molecule has 0 fully saturated rings. The van der Waals surface area contributed by atoms with Gasteiger partial charge in [0.05, 0.1) is 0 Å². The molecule has 3 rings (SSSR count). The van der Waals surface area contributed by atoms with Gasteiger partial charge in [-0.1, -0.05) is 34.1 Å². The Morgan fingerprint density at radius 1 is 1.30 bits per heavy atom. The standard InChI is InChI=1S/C14H15BBrNO2S/c16-12-4-2-1-3-10(12)8-17-6-5-13-11(9-17)7-14(20-13)15(18)19/h1-4,7,18-19H,5-6,8-9H2. The van der Waals surface area contributed by atoms with Gasteiger partial charge in [0.1, 0.15) is 0 Å². The molecule has 0 aliphatic carbocycles. The van der Waals surface area contributed by atoms with E-state index in [1.165, 1.54) is 27.3 Å². The molecule has 3 nitrogen and oxygen atoms in total. The minimum absolute atomic E-state index is 0.651. The Morgan fingerprint density at radius 2 is 2.10 bits per heavy atom. The van der Waals surface area contributed by atoms with E-state index >= 15 is 0 Å². The normalized spacial score (nSPS) is 15.2. The highest BCUT2D eigenvalue weighted by Gasteiger charge is 2.23. The molecule has 0 saturated carbocycles. The average Bonchev–Trinajstić information content (AvgIpc) is 2.85. The molecule has 20 heavy (non-hydrogen) atoms. The van der Waals surface area contributed by atoms with E-state index in [1.54, 1.807) is 0 Å². The van der Waals surface area contributed by atoms with E-state index in [0.29, 0.717) is 4.78 Å². The van der Waals surface area contributed by atoms with Crippen LogP contribution in [-0.4, -0.2) is 28.6 Å². The topological polar surface area (TPSA) is 43.7 Å². The molecule has 1 aliphatic rings. The Labute approximate surface area is 131 Å². The van der Waals surface area contributed by atoms with Crippen molar-refractivity contribution in [3.8, 4) is 0 Å². The molecule has 1 aromatic heterocycles. The summed E-state index contributed by atoms with van der Waals surface area (Å²) in [7, 11) is -1.35. The third-order valence-corrected chi connectivity index (χ3v) is 5.62. The summed E-state index contributed by atoms with van der Waals surface area (Å²) < 4.78 is 1.79. The number of hydrogen-bond acceptors (Lipinski definition) is 4. The van der Waals surface area contributed by atoms with Crippen LogP contribution in [0.5, 0.6) is 0 Å². The summed E-state index contributed by atoms with van der Waals surface area (Å²) in [5.74, 6) is 0. The van der Waals surface area contributed by atoms with Crippen molar-refractivity contribution in [1.29, 1.82) is 0 Å². The summed E-state index contributed by atoms with van der Waals surface area (Å²) in [4.78, 5) is 3.68. The Bertz CT molecular complexity index is 617. The van der Waals surface area contributed by atoms with Gasteiger partial charge in [-0.15, -0.1) is 11.3 Å². The number of halogens is 1. The van der Waals surface area contributed by atoms with Gasteiger partial charge in [-0.25, -0.2) is 0 Å². The lowest BCUT2D eigenvalue weighted by Crippen LogP contribution is -2.29. The number of thiophene rings is 1. The van der Waals surface area contributed by atoms with E-state index in [4.69, 9.17) is 0 Å². The van der Waals surface area contributed by atoms with Crippen molar-refractivity contribution >= 4 is 39.2 Å². The van der Waals surface area contributed by atoms with Crippen molar-refractivity contribution in [2.75, 3.05) is 6.54 Å². The molecule has 2 heterocycles. The van der Waals surface area contributed by atoms with E-state index in [1.807, 2.05) is 12.1 Å². The van der Waals surface area contributed by atoms with Gasteiger partial charge in [-0.2, -0.15) is 0 Å². The van der Waals surface area contributed by atoms with Crippen LogP contribution in [0.15, 0.2) is 34.8 Å². The molecule has 2 aromatic rings. The Morgan fingerprint density at radius 3 is 2.85 bits per heavy atom. The molecule has 0 bridgehead atoms. The zero-order valence-electron chi connectivity index (χ0n) is 10.9. The lowest BCUT2D eigenvalue weighted by molar-refractivity contribution is 0.247. The second-order valence-electron chi connectivity index (χ2n) is 5.02. The van der Waals surface area contributed by atoms with E-state index in [2.05, 4.69) is 39.0 Å². The molecule has 1 aromatic carbocycles. The maximum absolute atomic E-state index is 9.26. The third-order valence-electron chi connectivity index (χ3n) is 3.57. The fraction of sp³-hybridized carbons (Fsp3) is 0.286. The molecule has 104 valence electrons. The van der Waals surface area contributed by atoms with Crippen LogP contribution in [0.4, 0.5) is 0 Å². The van der Waals surface area contributed by atoms with Crippen LogP contribution in [0.3, 0.4) is 0 Å².